The summed E-state index contributed by atoms with van der Waals surface area (Å²) >= 11 is 0. The lowest BCUT2D eigenvalue weighted by molar-refractivity contribution is 0.104. The predicted molar refractivity (Wildman–Crippen MR) is 93.0 cm³/mol. The smallest absolute Gasteiger partial charge is 0.185 e. The van der Waals surface area contributed by atoms with E-state index in [1.165, 1.54) is 32.4 Å². The number of nitrogens with one attached hydrogen (secondary N) is 1. The molecular weight excluding hydrogens is 270 g/mol. The number of allylic oxidation sites excluding steroid dienone is 6. The molecule has 1 aliphatic carbocycles. The third-order valence-corrected chi connectivity index (χ3v) is 3.77. The fourth-order valence-electron chi connectivity index (χ4n) is 2.45. The van der Waals surface area contributed by atoms with E-state index >= 15 is 0 Å². The van der Waals surface area contributed by atoms with Gasteiger partial charge < -0.3 is 5.32 Å². The molecule has 1 atom stereocenters. The third-order valence-electron chi connectivity index (χ3n) is 3.77. The third kappa shape index (κ3) is 6.23. The van der Waals surface area contributed by atoms with Crippen molar-refractivity contribution in [3.63, 3.8) is 0 Å². The summed E-state index contributed by atoms with van der Waals surface area (Å²) in [7, 11) is 0. The van der Waals surface area contributed by atoms with Crippen LogP contribution in [0, 0.1) is 5.92 Å². The molecule has 1 aromatic rings. The molecule has 1 unspecified atom stereocenters. The highest BCUT2D eigenvalue weighted by atomic mass is 16.1. The van der Waals surface area contributed by atoms with Gasteiger partial charge in [0.05, 0.1) is 0 Å². The highest BCUT2D eigenvalue weighted by Gasteiger charge is 2.03. The fraction of sp³-hybridized carbons (Fsp3) is 0.350. The van der Waals surface area contributed by atoms with Gasteiger partial charge in [0.25, 0.3) is 0 Å². The van der Waals surface area contributed by atoms with Gasteiger partial charge in [-0.05, 0) is 44.3 Å². The van der Waals surface area contributed by atoms with Crippen molar-refractivity contribution >= 4 is 5.78 Å². The number of benzene rings is 1. The summed E-state index contributed by atoms with van der Waals surface area (Å²) in [5.74, 6) is 0.432. The van der Waals surface area contributed by atoms with Crippen LogP contribution in [0.3, 0.4) is 0 Å². The Morgan fingerprint density at radius 2 is 1.82 bits per heavy atom. The molecule has 1 aromatic carbocycles. The van der Waals surface area contributed by atoms with E-state index < -0.39 is 0 Å². The molecule has 1 fully saturated rings. The van der Waals surface area contributed by atoms with E-state index in [0.29, 0.717) is 5.92 Å². The normalized spacial score (nSPS) is 20.5. The zero-order chi connectivity index (χ0) is 15.5. The maximum Gasteiger partial charge on any atom is 0.185 e. The lowest BCUT2D eigenvalue weighted by atomic mass is 9.99. The maximum atomic E-state index is 11.8. The van der Waals surface area contributed by atoms with E-state index in [4.69, 9.17) is 0 Å². The van der Waals surface area contributed by atoms with Crippen LogP contribution in [0.2, 0.25) is 0 Å². The molecule has 0 amide bonds. The number of hydrogen-bond acceptors (Lipinski definition) is 2. The summed E-state index contributed by atoms with van der Waals surface area (Å²) < 4.78 is 0. The summed E-state index contributed by atoms with van der Waals surface area (Å²) in [5.41, 5.74) is 0.745. The topological polar surface area (TPSA) is 29.1 Å². The van der Waals surface area contributed by atoms with Crippen LogP contribution in [0.25, 0.3) is 0 Å². The molecule has 2 nitrogen and oxygen atoms in total. The van der Waals surface area contributed by atoms with Gasteiger partial charge in [-0.25, -0.2) is 0 Å². The van der Waals surface area contributed by atoms with Crippen LogP contribution in [-0.4, -0.2) is 18.9 Å². The average Bonchev–Trinajstić information content (AvgIpc) is 2.63. The van der Waals surface area contributed by atoms with Crippen LogP contribution < -0.4 is 5.32 Å². The molecule has 3 rings (SSSR count). The Bertz CT molecular complexity index is 512. The molecule has 1 saturated heterocycles. The monoisotopic (exact) mass is 295 g/mol. The minimum Gasteiger partial charge on any atom is -0.317 e. The number of carbonyl (C=O) groups excluding carboxylic acids is 1. The van der Waals surface area contributed by atoms with Gasteiger partial charge in [-0.3, -0.25) is 4.79 Å². The van der Waals surface area contributed by atoms with Crippen molar-refractivity contribution in [3.8, 4) is 0 Å². The zero-order valence-corrected chi connectivity index (χ0v) is 13.1. The van der Waals surface area contributed by atoms with Gasteiger partial charge in [0, 0.05) is 5.56 Å². The molecule has 1 aliphatic heterocycles. The minimum absolute atomic E-state index is 0.0727. The summed E-state index contributed by atoms with van der Waals surface area (Å²) in [6.07, 6.45) is 17.1. The molecule has 0 spiro atoms. The minimum atomic E-state index is 0.0727. The molecule has 116 valence electrons. The predicted octanol–water partition coefficient (Wildman–Crippen LogP) is 4.32. The highest BCUT2D eigenvalue weighted by molar-refractivity contribution is 6.04. The second-order valence-electron chi connectivity index (χ2n) is 5.61. The van der Waals surface area contributed by atoms with E-state index in [1.807, 2.05) is 48.6 Å². The molecule has 0 radical (unpaired) electrons. The Hall–Kier alpha value is -1.93. The molecule has 0 bridgehead atoms. The van der Waals surface area contributed by atoms with E-state index in [9.17, 15) is 4.79 Å². The van der Waals surface area contributed by atoms with Crippen molar-refractivity contribution in [2.75, 3.05) is 13.1 Å². The van der Waals surface area contributed by atoms with Crippen LogP contribution in [0.15, 0.2) is 66.8 Å². The SMILES string of the molecule is C1CCNCC1.O=C(C=CC1C=CC=CC1)c1ccccc1. The second kappa shape index (κ2) is 9.91. The van der Waals surface area contributed by atoms with Crippen LogP contribution in [0.1, 0.15) is 36.0 Å². The summed E-state index contributed by atoms with van der Waals surface area (Å²) in [6.45, 7) is 2.50. The second-order valence-corrected chi connectivity index (χ2v) is 5.61. The molecule has 2 heteroatoms. The van der Waals surface area contributed by atoms with Crippen LogP contribution in [0.4, 0.5) is 0 Å². The Kier molecular flexibility index (Phi) is 7.40. The quantitative estimate of drug-likeness (QED) is 0.664. The number of carbonyl (C=O) groups is 1. The van der Waals surface area contributed by atoms with Crippen molar-refractivity contribution in [1.29, 1.82) is 0 Å². The number of ketones is 1. The number of hydrogen-bond donors (Lipinski definition) is 1. The summed E-state index contributed by atoms with van der Waals surface area (Å²) in [6, 6.07) is 9.34. The van der Waals surface area contributed by atoms with E-state index in [-0.39, 0.29) is 5.78 Å². The molecule has 1 N–H and O–H groups in total. The maximum absolute atomic E-state index is 11.8. The zero-order valence-electron chi connectivity index (χ0n) is 13.1. The molecule has 1 heterocycles. The van der Waals surface area contributed by atoms with Crippen LogP contribution in [-0.2, 0) is 0 Å². The van der Waals surface area contributed by atoms with Gasteiger partial charge in [0.1, 0.15) is 0 Å². The summed E-state index contributed by atoms with van der Waals surface area (Å²) in [4.78, 5) is 11.8. The van der Waals surface area contributed by atoms with Gasteiger partial charge in [-0.15, -0.1) is 0 Å². The van der Waals surface area contributed by atoms with Crippen LogP contribution >= 0.6 is 0 Å². The standard InChI is InChI=1S/C15H14O.C5H11N/c16-15(14-9-5-2-6-10-14)12-11-13-7-3-1-4-8-13;1-2-4-6-5-3-1/h1-7,9-13H,8H2;6H,1-5H2. The van der Waals surface area contributed by atoms with Crippen LogP contribution in [0.5, 0.6) is 0 Å². The first-order valence-electron chi connectivity index (χ1n) is 8.18. The van der Waals surface area contributed by atoms with E-state index in [1.54, 1.807) is 6.08 Å². The van der Waals surface area contributed by atoms with E-state index in [2.05, 4.69) is 17.5 Å². The Morgan fingerprint density at radius 1 is 1.05 bits per heavy atom. The van der Waals surface area contributed by atoms with E-state index in [0.717, 1.165) is 12.0 Å². The van der Waals surface area contributed by atoms with Gasteiger partial charge in [-0.1, -0.05) is 67.1 Å². The van der Waals surface area contributed by atoms with Crippen molar-refractivity contribution < 1.29 is 4.79 Å². The van der Waals surface area contributed by atoms with Crippen molar-refractivity contribution in [2.24, 2.45) is 5.92 Å². The molecular formula is C20H25NO. The van der Waals surface area contributed by atoms with Gasteiger partial charge in [-0.2, -0.15) is 0 Å². The van der Waals surface area contributed by atoms with Crippen molar-refractivity contribution in [1.82, 2.24) is 5.32 Å². The lowest BCUT2D eigenvalue weighted by Crippen LogP contribution is -2.21. The van der Waals surface area contributed by atoms with Gasteiger partial charge >= 0.3 is 0 Å². The fourth-order valence-corrected chi connectivity index (χ4v) is 2.45. The Labute approximate surface area is 133 Å². The van der Waals surface area contributed by atoms with Crippen molar-refractivity contribution in [3.05, 3.63) is 72.4 Å². The average molecular weight is 295 g/mol. The van der Waals surface area contributed by atoms with Gasteiger partial charge in [0.2, 0.25) is 0 Å². The van der Waals surface area contributed by atoms with Crippen molar-refractivity contribution in [2.45, 2.75) is 25.7 Å². The summed E-state index contributed by atoms with van der Waals surface area (Å²) in [5, 5.41) is 3.28. The number of piperidine rings is 1. The largest absolute Gasteiger partial charge is 0.317 e. The lowest BCUT2D eigenvalue weighted by Gasteiger charge is -2.08. The molecule has 2 aliphatic rings. The Balaban J connectivity index is 0.000000246. The first kappa shape index (κ1) is 16.4. The molecule has 0 aromatic heterocycles. The molecule has 0 saturated carbocycles. The first-order valence-corrected chi connectivity index (χ1v) is 8.18. The number of rotatable bonds is 3. The highest BCUT2D eigenvalue weighted by Crippen LogP contribution is 2.13. The molecule has 22 heavy (non-hydrogen) atoms. The van der Waals surface area contributed by atoms with Gasteiger partial charge in [0.15, 0.2) is 5.78 Å². The first-order chi connectivity index (χ1) is 10.9. The Morgan fingerprint density at radius 3 is 2.36 bits per heavy atom.